The first-order chi connectivity index (χ1) is 6.63. The number of rotatable bonds is 2. The third-order valence-corrected chi connectivity index (χ3v) is 4.85. The van der Waals surface area contributed by atoms with Gasteiger partial charge in [0.15, 0.2) is 0 Å². The lowest BCUT2D eigenvalue weighted by Crippen LogP contribution is -2.59. The van der Waals surface area contributed by atoms with E-state index in [2.05, 4.69) is 56.1 Å². The van der Waals surface area contributed by atoms with Gasteiger partial charge in [0.2, 0.25) is 0 Å². The first-order valence-electron chi connectivity index (χ1n) is 6.18. The minimum atomic E-state index is 0.288. The molecule has 0 saturated carbocycles. The Morgan fingerprint density at radius 2 is 1.47 bits per heavy atom. The standard InChI is InChI=1S/C13H28NP/c1-9(2)11(15)10-7-12(3,4)14-13(5,6)8-10/h9-11,14H,7-8,15H2,1-6H3. The van der Waals surface area contributed by atoms with Crippen LogP contribution in [0.15, 0.2) is 0 Å². The molecule has 0 aromatic heterocycles. The molecule has 1 fully saturated rings. The van der Waals surface area contributed by atoms with Crippen LogP contribution in [0.25, 0.3) is 0 Å². The average molecular weight is 229 g/mol. The normalized spacial score (nSPS) is 28.0. The molecule has 2 unspecified atom stereocenters. The first kappa shape index (κ1) is 13.5. The van der Waals surface area contributed by atoms with Crippen LogP contribution < -0.4 is 5.32 Å². The zero-order valence-corrected chi connectivity index (χ0v) is 12.4. The molecule has 2 heteroatoms. The summed E-state index contributed by atoms with van der Waals surface area (Å²) in [6.07, 6.45) is 2.59. The fraction of sp³-hybridized carbons (Fsp3) is 1.00. The summed E-state index contributed by atoms with van der Waals surface area (Å²) in [5, 5.41) is 3.75. The smallest absolute Gasteiger partial charge is 0.0133 e. The highest BCUT2D eigenvalue weighted by atomic mass is 31.0. The van der Waals surface area contributed by atoms with Gasteiger partial charge >= 0.3 is 0 Å². The Labute approximate surface area is 98.0 Å². The second kappa shape index (κ2) is 4.34. The summed E-state index contributed by atoms with van der Waals surface area (Å²) in [6.45, 7) is 14.0. The van der Waals surface area contributed by atoms with Crippen molar-refractivity contribution in [3.05, 3.63) is 0 Å². The van der Waals surface area contributed by atoms with Gasteiger partial charge in [0.05, 0.1) is 0 Å². The Hall–Kier alpha value is 0.390. The van der Waals surface area contributed by atoms with Crippen LogP contribution in [-0.4, -0.2) is 16.7 Å². The summed E-state index contributed by atoms with van der Waals surface area (Å²) in [4.78, 5) is 0. The molecule has 1 aliphatic rings. The molecule has 0 amide bonds. The van der Waals surface area contributed by atoms with Crippen LogP contribution in [0.2, 0.25) is 0 Å². The van der Waals surface area contributed by atoms with E-state index in [4.69, 9.17) is 0 Å². The van der Waals surface area contributed by atoms with Crippen LogP contribution in [0.1, 0.15) is 54.4 Å². The second-order valence-corrected chi connectivity index (χ2v) is 7.65. The molecule has 1 aliphatic heterocycles. The molecule has 0 aromatic rings. The van der Waals surface area contributed by atoms with Crippen LogP contribution in [0.3, 0.4) is 0 Å². The largest absolute Gasteiger partial charge is 0.307 e. The summed E-state index contributed by atoms with van der Waals surface area (Å²) < 4.78 is 0. The van der Waals surface area contributed by atoms with Crippen molar-refractivity contribution in [2.45, 2.75) is 71.1 Å². The van der Waals surface area contributed by atoms with Crippen molar-refractivity contribution in [1.82, 2.24) is 5.32 Å². The number of hydrogen-bond acceptors (Lipinski definition) is 1. The molecule has 1 saturated heterocycles. The van der Waals surface area contributed by atoms with Gasteiger partial charge in [-0.1, -0.05) is 13.8 Å². The van der Waals surface area contributed by atoms with Crippen LogP contribution in [0.4, 0.5) is 0 Å². The Balaban J connectivity index is 2.75. The Kier molecular flexibility index (Phi) is 3.89. The molecule has 1 nitrogen and oxygen atoms in total. The second-order valence-electron chi connectivity index (χ2n) is 6.88. The highest BCUT2D eigenvalue weighted by molar-refractivity contribution is 7.17. The van der Waals surface area contributed by atoms with E-state index >= 15 is 0 Å². The molecule has 0 aromatic carbocycles. The molecule has 0 spiro atoms. The summed E-state index contributed by atoms with van der Waals surface area (Å²) >= 11 is 0. The van der Waals surface area contributed by atoms with E-state index in [0.29, 0.717) is 0 Å². The van der Waals surface area contributed by atoms with Gasteiger partial charge in [0.1, 0.15) is 0 Å². The van der Waals surface area contributed by atoms with E-state index in [1.54, 1.807) is 0 Å². The molecule has 1 N–H and O–H groups in total. The van der Waals surface area contributed by atoms with Gasteiger partial charge in [0.25, 0.3) is 0 Å². The third kappa shape index (κ3) is 3.71. The molecule has 1 rings (SSSR count). The average Bonchev–Trinajstić information content (AvgIpc) is 1.96. The lowest BCUT2D eigenvalue weighted by molar-refractivity contribution is 0.119. The van der Waals surface area contributed by atoms with Gasteiger partial charge in [0, 0.05) is 11.1 Å². The fourth-order valence-electron chi connectivity index (χ4n) is 3.22. The summed E-state index contributed by atoms with van der Waals surface area (Å²) in [5.41, 5.74) is 1.33. The van der Waals surface area contributed by atoms with E-state index in [9.17, 15) is 0 Å². The maximum Gasteiger partial charge on any atom is 0.0133 e. The number of nitrogens with one attached hydrogen (secondary N) is 1. The highest BCUT2D eigenvalue weighted by Gasteiger charge is 2.39. The van der Waals surface area contributed by atoms with Gasteiger partial charge in [-0.05, 0) is 58.0 Å². The summed E-state index contributed by atoms with van der Waals surface area (Å²) in [7, 11) is 3.07. The van der Waals surface area contributed by atoms with E-state index in [-0.39, 0.29) is 11.1 Å². The van der Waals surface area contributed by atoms with Crippen molar-refractivity contribution >= 4 is 9.24 Å². The van der Waals surface area contributed by atoms with Crippen molar-refractivity contribution in [2.75, 3.05) is 0 Å². The molecule has 0 bridgehead atoms. The lowest BCUT2D eigenvalue weighted by Gasteiger charge is -2.48. The Morgan fingerprint density at radius 1 is 1.07 bits per heavy atom. The molecule has 15 heavy (non-hydrogen) atoms. The molecule has 2 atom stereocenters. The molecule has 1 heterocycles. The van der Waals surface area contributed by atoms with Crippen molar-refractivity contribution in [1.29, 1.82) is 0 Å². The van der Waals surface area contributed by atoms with Gasteiger partial charge in [-0.15, -0.1) is 9.24 Å². The van der Waals surface area contributed by atoms with E-state index in [1.165, 1.54) is 12.8 Å². The highest BCUT2D eigenvalue weighted by Crippen LogP contribution is 2.39. The predicted octanol–water partition coefficient (Wildman–Crippen LogP) is 3.44. The van der Waals surface area contributed by atoms with Gasteiger partial charge < -0.3 is 5.32 Å². The first-order valence-corrected chi connectivity index (χ1v) is 6.84. The summed E-state index contributed by atoms with van der Waals surface area (Å²) in [5.74, 6) is 1.60. The van der Waals surface area contributed by atoms with Crippen LogP contribution >= 0.6 is 9.24 Å². The zero-order valence-electron chi connectivity index (χ0n) is 11.2. The van der Waals surface area contributed by atoms with Gasteiger partial charge in [-0.25, -0.2) is 0 Å². The van der Waals surface area contributed by atoms with Crippen LogP contribution in [0, 0.1) is 11.8 Å². The number of hydrogen-bond donors (Lipinski definition) is 1. The van der Waals surface area contributed by atoms with Crippen molar-refractivity contribution < 1.29 is 0 Å². The molecule has 90 valence electrons. The summed E-state index contributed by atoms with van der Waals surface area (Å²) in [6, 6.07) is 0. The Morgan fingerprint density at radius 3 is 1.80 bits per heavy atom. The minimum Gasteiger partial charge on any atom is -0.307 e. The molecule has 0 radical (unpaired) electrons. The van der Waals surface area contributed by atoms with Crippen molar-refractivity contribution in [3.8, 4) is 0 Å². The lowest BCUT2D eigenvalue weighted by atomic mass is 9.73. The van der Waals surface area contributed by atoms with E-state index in [0.717, 1.165) is 17.5 Å². The SMILES string of the molecule is CC(C)C(P)C1CC(C)(C)NC(C)(C)C1. The quantitative estimate of drug-likeness (QED) is 0.715. The zero-order chi connectivity index (χ0) is 11.9. The van der Waals surface area contributed by atoms with Gasteiger partial charge in [-0.3, -0.25) is 0 Å². The molecular formula is C13H28NP. The van der Waals surface area contributed by atoms with E-state index in [1.807, 2.05) is 0 Å². The van der Waals surface area contributed by atoms with Crippen LogP contribution in [-0.2, 0) is 0 Å². The van der Waals surface area contributed by atoms with Crippen molar-refractivity contribution in [2.24, 2.45) is 11.8 Å². The maximum atomic E-state index is 3.75. The van der Waals surface area contributed by atoms with Crippen molar-refractivity contribution in [3.63, 3.8) is 0 Å². The molecule has 0 aliphatic carbocycles. The fourth-order valence-corrected chi connectivity index (χ4v) is 3.49. The topological polar surface area (TPSA) is 12.0 Å². The third-order valence-electron chi connectivity index (χ3n) is 3.54. The van der Waals surface area contributed by atoms with Crippen LogP contribution in [0.5, 0.6) is 0 Å². The Bertz CT molecular complexity index is 205. The molecular weight excluding hydrogens is 201 g/mol. The number of piperidine rings is 1. The monoisotopic (exact) mass is 229 g/mol. The predicted molar refractivity (Wildman–Crippen MR) is 72.4 cm³/mol. The maximum absolute atomic E-state index is 3.75. The minimum absolute atomic E-state index is 0.288. The van der Waals surface area contributed by atoms with E-state index < -0.39 is 0 Å². The van der Waals surface area contributed by atoms with Gasteiger partial charge in [-0.2, -0.15) is 0 Å².